The van der Waals surface area contributed by atoms with Gasteiger partial charge in [0.15, 0.2) is 0 Å². The van der Waals surface area contributed by atoms with Gasteiger partial charge in [-0.1, -0.05) is 263 Å². The Kier molecular flexibility index (Phi) is 52.9. The molecule has 0 aromatic rings. The van der Waals surface area contributed by atoms with E-state index in [1.54, 1.807) is 6.08 Å². The molecule has 0 aliphatic heterocycles. The van der Waals surface area contributed by atoms with Crippen LogP contribution in [0.4, 0.5) is 0 Å². The minimum atomic E-state index is -0.898. The van der Waals surface area contributed by atoms with Crippen molar-refractivity contribution in [1.82, 2.24) is 5.32 Å². The monoisotopic (exact) mass is 910 g/mol. The van der Waals surface area contributed by atoms with Crippen LogP contribution in [0.5, 0.6) is 0 Å². The molecule has 374 valence electrons. The summed E-state index contributed by atoms with van der Waals surface area (Å²) in [5, 5.41) is 23.1. The Balaban J connectivity index is 3.73. The average Bonchev–Trinajstić information content (AvgIpc) is 3.32. The number of unbranched alkanes of at least 4 members (excludes halogenated alkanes) is 21. The summed E-state index contributed by atoms with van der Waals surface area (Å²) in [6.45, 7) is 4.16. The highest BCUT2D eigenvalue weighted by Gasteiger charge is 2.17. The molecule has 66 heavy (non-hydrogen) atoms. The van der Waals surface area contributed by atoms with Crippen LogP contribution in [0.3, 0.4) is 0 Å². The summed E-state index contributed by atoms with van der Waals surface area (Å²) in [6.07, 6.45) is 87.5. The molecule has 4 heteroatoms. The molecule has 0 rings (SSSR count). The zero-order valence-corrected chi connectivity index (χ0v) is 42.9. The molecule has 0 radical (unpaired) electrons. The Bertz CT molecular complexity index is 1350. The number of hydrogen-bond acceptors (Lipinski definition) is 3. The van der Waals surface area contributed by atoms with Crippen molar-refractivity contribution in [3.63, 3.8) is 0 Å². The lowest BCUT2D eigenvalue weighted by atomic mass is 10.0. The summed E-state index contributed by atoms with van der Waals surface area (Å²) >= 11 is 0. The van der Waals surface area contributed by atoms with Gasteiger partial charge in [-0.15, -0.1) is 0 Å². The SMILES string of the molecule is CC/C=C\C/C=C\C/C=C\C/C=C\C/C=C\C/C=C\C/C=C\C/C=C\C/C=C\CCCC(=O)NC(CO)C(O)/C=C/CC/C=C/CCCCCCCCCCCCCCCCCCCCC. The van der Waals surface area contributed by atoms with Crippen molar-refractivity contribution in [1.29, 1.82) is 0 Å². The van der Waals surface area contributed by atoms with Crippen molar-refractivity contribution in [2.75, 3.05) is 6.61 Å². The van der Waals surface area contributed by atoms with Gasteiger partial charge < -0.3 is 15.5 Å². The van der Waals surface area contributed by atoms with E-state index in [4.69, 9.17) is 0 Å². The highest BCUT2D eigenvalue weighted by atomic mass is 16.3. The third-order valence-electron chi connectivity index (χ3n) is 11.6. The Morgan fingerprint density at radius 2 is 0.682 bits per heavy atom. The fraction of sp³-hybridized carbons (Fsp3) is 0.629. The molecule has 1 amide bonds. The lowest BCUT2D eigenvalue weighted by Gasteiger charge is -2.19. The number of amides is 1. The van der Waals surface area contributed by atoms with Gasteiger partial charge in [0.1, 0.15) is 0 Å². The second-order valence-electron chi connectivity index (χ2n) is 17.9. The van der Waals surface area contributed by atoms with Gasteiger partial charge in [-0.05, 0) is 96.3 Å². The van der Waals surface area contributed by atoms with Crippen LogP contribution in [0.15, 0.2) is 134 Å². The summed E-state index contributed by atoms with van der Waals surface area (Å²) in [4.78, 5) is 12.4. The standard InChI is InChI=1S/C62H103NO3/c1-3-5-7-9-11-13-15-17-19-21-23-25-27-29-30-31-32-34-36-38-40-42-44-46-48-50-52-54-56-58-62(66)63-60(59-64)61(65)57-55-53-51-49-47-45-43-41-39-37-35-33-28-26-24-22-20-18-16-14-12-10-8-6-4-2/h5,7,11,13,17,19,23,25,29-30,32,34,38,40,44,46-47,49-50,52,55,57,60-61,64-65H,3-4,6,8-10,12,14-16,18,20-22,24,26-28,31,33,35-37,39,41-43,45,48,51,53-54,56,58-59H2,1-2H3,(H,63,66)/b7-5-,13-11-,19-17-,25-23-,30-29-,34-32-,40-38-,46-44-,49-47+,52-50-,57-55+. The largest absolute Gasteiger partial charge is 0.394 e. The summed E-state index contributed by atoms with van der Waals surface area (Å²) in [6, 6.07) is -0.681. The maximum atomic E-state index is 12.4. The van der Waals surface area contributed by atoms with Crippen LogP contribution < -0.4 is 5.32 Å². The number of aliphatic hydroxyl groups excluding tert-OH is 2. The van der Waals surface area contributed by atoms with E-state index in [0.29, 0.717) is 6.42 Å². The van der Waals surface area contributed by atoms with E-state index < -0.39 is 12.1 Å². The van der Waals surface area contributed by atoms with Crippen LogP contribution in [0.2, 0.25) is 0 Å². The fourth-order valence-electron chi connectivity index (χ4n) is 7.49. The molecule has 0 saturated heterocycles. The molecule has 0 spiro atoms. The number of hydrogen-bond donors (Lipinski definition) is 3. The van der Waals surface area contributed by atoms with E-state index in [0.717, 1.165) is 89.9 Å². The van der Waals surface area contributed by atoms with Crippen LogP contribution in [0, 0.1) is 0 Å². The van der Waals surface area contributed by atoms with E-state index >= 15 is 0 Å². The first kappa shape index (κ1) is 62.5. The fourth-order valence-corrected chi connectivity index (χ4v) is 7.49. The van der Waals surface area contributed by atoms with Gasteiger partial charge >= 0.3 is 0 Å². The van der Waals surface area contributed by atoms with E-state index in [2.05, 4.69) is 141 Å². The molecule has 2 atom stereocenters. The van der Waals surface area contributed by atoms with Crippen LogP contribution in [-0.2, 0) is 4.79 Å². The number of carbonyl (C=O) groups is 1. The summed E-state index contributed by atoms with van der Waals surface area (Å²) in [5.74, 6) is -0.136. The van der Waals surface area contributed by atoms with E-state index in [9.17, 15) is 15.0 Å². The molecular formula is C62H103NO3. The smallest absolute Gasteiger partial charge is 0.220 e. The molecule has 0 heterocycles. The first-order chi connectivity index (χ1) is 32.7. The molecule has 0 saturated carbocycles. The summed E-state index contributed by atoms with van der Waals surface area (Å²) < 4.78 is 0. The van der Waals surface area contributed by atoms with Crippen LogP contribution in [0.25, 0.3) is 0 Å². The maximum absolute atomic E-state index is 12.4. The van der Waals surface area contributed by atoms with Crippen molar-refractivity contribution in [2.45, 2.75) is 244 Å². The van der Waals surface area contributed by atoms with Gasteiger partial charge in [0.05, 0.1) is 18.8 Å². The summed E-state index contributed by atoms with van der Waals surface area (Å²) in [7, 11) is 0. The number of allylic oxidation sites excluding steroid dienone is 21. The average molecular weight is 911 g/mol. The van der Waals surface area contributed by atoms with Crippen molar-refractivity contribution in [3.8, 4) is 0 Å². The molecule has 0 aromatic heterocycles. The zero-order chi connectivity index (χ0) is 47.7. The third kappa shape index (κ3) is 51.5. The first-order valence-electron chi connectivity index (χ1n) is 27.4. The lowest BCUT2D eigenvalue weighted by molar-refractivity contribution is -0.122. The van der Waals surface area contributed by atoms with E-state index in [1.165, 1.54) is 122 Å². The lowest BCUT2D eigenvalue weighted by Crippen LogP contribution is -2.45. The molecular weight excluding hydrogens is 807 g/mol. The quantitative estimate of drug-likeness (QED) is 0.0421. The molecule has 0 aromatic carbocycles. The highest BCUT2D eigenvalue weighted by molar-refractivity contribution is 5.76. The third-order valence-corrected chi connectivity index (χ3v) is 11.6. The number of rotatable bonds is 48. The van der Waals surface area contributed by atoms with Gasteiger partial charge in [0.25, 0.3) is 0 Å². The molecule has 2 unspecified atom stereocenters. The zero-order valence-electron chi connectivity index (χ0n) is 42.9. The Labute approximate surface area is 409 Å². The van der Waals surface area contributed by atoms with Gasteiger partial charge in [-0.3, -0.25) is 4.79 Å². The van der Waals surface area contributed by atoms with Gasteiger partial charge in [0.2, 0.25) is 5.91 Å². The molecule has 0 fully saturated rings. The van der Waals surface area contributed by atoms with Crippen LogP contribution in [-0.4, -0.2) is 34.9 Å². The molecule has 3 N–H and O–H groups in total. The summed E-state index contributed by atoms with van der Waals surface area (Å²) in [5.41, 5.74) is 0. The molecule has 0 aliphatic carbocycles. The Morgan fingerprint density at radius 1 is 0.379 bits per heavy atom. The van der Waals surface area contributed by atoms with Gasteiger partial charge in [0, 0.05) is 6.42 Å². The van der Waals surface area contributed by atoms with E-state index in [-0.39, 0.29) is 12.5 Å². The Morgan fingerprint density at radius 3 is 1.06 bits per heavy atom. The Hall–Kier alpha value is -3.47. The van der Waals surface area contributed by atoms with Crippen molar-refractivity contribution in [3.05, 3.63) is 134 Å². The second kappa shape index (κ2) is 55.9. The van der Waals surface area contributed by atoms with Crippen molar-refractivity contribution in [2.24, 2.45) is 0 Å². The van der Waals surface area contributed by atoms with Crippen LogP contribution in [0.1, 0.15) is 232 Å². The molecule has 4 nitrogen and oxygen atoms in total. The number of carbonyl (C=O) groups excluding carboxylic acids is 1. The predicted octanol–water partition coefficient (Wildman–Crippen LogP) is 18.2. The van der Waals surface area contributed by atoms with Crippen molar-refractivity contribution >= 4 is 5.91 Å². The highest BCUT2D eigenvalue weighted by Crippen LogP contribution is 2.15. The van der Waals surface area contributed by atoms with Crippen molar-refractivity contribution < 1.29 is 15.0 Å². The topological polar surface area (TPSA) is 69.6 Å². The molecule has 0 bridgehead atoms. The number of nitrogens with one attached hydrogen (secondary N) is 1. The van der Waals surface area contributed by atoms with Gasteiger partial charge in [-0.2, -0.15) is 0 Å². The predicted molar refractivity (Wildman–Crippen MR) is 294 cm³/mol. The van der Waals surface area contributed by atoms with Gasteiger partial charge in [-0.25, -0.2) is 0 Å². The number of aliphatic hydroxyl groups is 2. The molecule has 0 aliphatic rings. The first-order valence-corrected chi connectivity index (χ1v) is 27.4. The second-order valence-corrected chi connectivity index (χ2v) is 17.9. The minimum absolute atomic E-state index is 0.136. The minimum Gasteiger partial charge on any atom is -0.394 e. The normalized spacial score (nSPS) is 13.9. The maximum Gasteiger partial charge on any atom is 0.220 e. The van der Waals surface area contributed by atoms with Crippen LogP contribution >= 0.6 is 0 Å². The van der Waals surface area contributed by atoms with E-state index in [1.807, 2.05) is 6.08 Å².